The van der Waals surface area contributed by atoms with Crippen LogP contribution in [0.15, 0.2) is 36.4 Å². The van der Waals surface area contributed by atoms with Crippen LogP contribution in [0.4, 0.5) is 34.9 Å². The van der Waals surface area contributed by atoms with Crippen LogP contribution in [-0.4, -0.2) is 114 Å². The highest BCUT2D eigenvalue weighted by molar-refractivity contribution is 7.47. The van der Waals surface area contributed by atoms with Gasteiger partial charge in [0.15, 0.2) is 0 Å². The molecule has 3 saturated heterocycles. The van der Waals surface area contributed by atoms with Gasteiger partial charge < -0.3 is 73.3 Å². The Hall–Kier alpha value is -4.90. The van der Waals surface area contributed by atoms with Gasteiger partial charge in [0.1, 0.15) is 89.8 Å². The lowest BCUT2D eigenvalue weighted by atomic mass is 10.1. The quantitative estimate of drug-likeness (QED) is 0.0778. The lowest BCUT2D eigenvalue weighted by Crippen LogP contribution is -2.31. The van der Waals surface area contributed by atoms with Crippen molar-refractivity contribution in [3.05, 3.63) is 53.1 Å². The average molecular weight is 952 g/mol. The molecule has 11 atom stereocenters. The molecule has 3 aromatic heterocycles. The summed E-state index contributed by atoms with van der Waals surface area (Å²) < 4.78 is 82.0. The largest absolute Gasteiger partial charge is 0.472 e. The summed E-state index contributed by atoms with van der Waals surface area (Å²) in [6, 6.07) is 8.98. The number of anilines is 6. The number of ether oxygens (including phenoxy) is 3. The Bertz CT molecular complexity index is 2540. The molecule has 6 rings (SSSR count). The molecule has 6 heterocycles. The van der Waals surface area contributed by atoms with Gasteiger partial charge in [-0.05, 0) is 36.4 Å². The van der Waals surface area contributed by atoms with Crippen LogP contribution in [0.5, 0.6) is 0 Å². The zero-order valence-corrected chi connectivity index (χ0v) is 36.0. The number of phosphoric ester groups is 3. The maximum absolute atomic E-state index is 13.4. The first-order valence-electron chi connectivity index (χ1n) is 18.9. The number of aromatic nitrogens is 3. The van der Waals surface area contributed by atoms with Gasteiger partial charge in [-0.1, -0.05) is 35.5 Å². The summed E-state index contributed by atoms with van der Waals surface area (Å²) >= 11 is 0. The molecule has 64 heavy (non-hydrogen) atoms. The fourth-order valence-corrected chi connectivity index (χ4v) is 8.89. The maximum Gasteiger partial charge on any atom is 0.472 e. The lowest BCUT2D eigenvalue weighted by Gasteiger charge is -2.24. The van der Waals surface area contributed by atoms with Gasteiger partial charge in [0.2, 0.25) is 0 Å². The van der Waals surface area contributed by atoms with Crippen molar-refractivity contribution < 1.29 is 75.2 Å². The van der Waals surface area contributed by atoms with Crippen LogP contribution >= 0.6 is 23.5 Å². The molecule has 0 amide bonds. The fraction of sp³-hybridized carbons (Fsp3) is 0.417. The number of hydrogen-bond donors (Lipinski definition) is 11. The van der Waals surface area contributed by atoms with Crippen molar-refractivity contribution in [3.63, 3.8) is 0 Å². The lowest BCUT2D eigenvalue weighted by molar-refractivity contribution is -0.0349. The Labute approximate surface area is 364 Å². The standard InChI is InChI=1S/C36H44N9O16P3/c37-31-10-4-19(34(40)43-31)1-7-22-13-25(28(16-46)56-22)60-63(50,51)55-18-30-27(15-24(58-30)9-3-21-6-12-33(39)45-36(21)42)61-64(52,53)54-17-29-26(59-62(47,48)49)14-23(57-29)8-2-20-5-11-32(38)44-35(20)41/h4-6,10-12,22-30,46H,13-18H2,(H,50,51)(H,52,53)(H4,37,40,43)(H4,38,41,44)(H4,39,42,45)(H2,47,48,49)/t22-,23-,24-,25-,26-,27-,28+,29+,30+/m0/s1. The molecular weight excluding hydrogens is 907 g/mol. The summed E-state index contributed by atoms with van der Waals surface area (Å²) in [5, 5.41) is 9.92. The average Bonchev–Trinajstić information content (AvgIpc) is 3.90. The van der Waals surface area contributed by atoms with Gasteiger partial charge in [-0.3, -0.25) is 22.6 Å². The molecule has 28 heteroatoms. The summed E-state index contributed by atoms with van der Waals surface area (Å²) in [5.74, 6) is 17.2. The molecule has 0 radical (unpaired) electrons. The van der Waals surface area contributed by atoms with Crippen molar-refractivity contribution in [3.8, 4) is 35.5 Å². The Morgan fingerprint density at radius 2 is 0.875 bits per heavy atom. The predicted molar refractivity (Wildman–Crippen MR) is 225 cm³/mol. The Morgan fingerprint density at radius 3 is 1.20 bits per heavy atom. The first kappa shape index (κ1) is 48.6. The van der Waals surface area contributed by atoms with Crippen LogP contribution in [-0.2, 0) is 50.5 Å². The van der Waals surface area contributed by atoms with E-state index in [0.29, 0.717) is 5.56 Å². The zero-order chi connectivity index (χ0) is 46.4. The summed E-state index contributed by atoms with van der Waals surface area (Å²) in [6.45, 7) is -2.18. The molecule has 0 bridgehead atoms. The summed E-state index contributed by atoms with van der Waals surface area (Å²) in [7, 11) is -15.2. The van der Waals surface area contributed by atoms with E-state index >= 15 is 0 Å². The second-order valence-corrected chi connectivity index (χ2v) is 18.1. The van der Waals surface area contributed by atoms with Crippen LogP contribution in [0.2, 0.25) is 0 Å². The molecule has 2 unspecified atom stereocenters. The van der Waals surface area contributed by atoms with E-state index in [9.17, 15) is 38.4 Å². The number of aliphatic hydroxyl groups excluding tert-OH is 1. The van der Waals surface area contributed by atoms with E-state index < -0.39 is 98.2 Å². The molecule has 17 N–H and O–H groups in total. The van der Waals surface area contributed by atoms with E-state index in [1.54, 1.807) is 6.07 Å². The number of nitrogens with two attached hydrogens (primary N) is 6. The van der Waals surface area contributed by atoms with Crippen LogP contribution in [0.1, 0.15) is 36.0 Å². The van der Waals surface area contributed by atoms with Crippen LogP contribution in [0.3, 0.4) is 0 Å². The molecule has 3 fully saturated rings. The van der Waals surface area contributed by atoms with E-state index in [-0.39, 0.29) is 65.3 Å². The molecule has 0 spiro atoms. The summed E-state index contributed by atoms with van der Waals surface area (Å²) in [4.78, 5) is 52.5. The Balaban J connectivity index is 1.12. The SMILES string of the molecule is Nc1ccc(C#C[C@H]2C[C@H](OP(=O)(O)O)[C@@H](COP(=O)(O)O[C@H]3C[C@H](C#Cc4ccc(N)nc4N)O[C@@H]3COP(=O)(O)O[C@H]3C[C@H](C#Cc4ccc(N)nc4N)O[C@@H]3CO)O2)c(N)n1. The number of phosphoric acid groups is 3. The minimum absolute atomic E-state index is 0.0104. The third kappa shape index (κ3) is 13.8. The fourth-order valence-electron chi connectivity index (χ4n) is 6.39. The Kier molecular flexibility index (Phi) is 15.6. The summed E-state index contributed by atoms with van der Waals surface area (Å²) in [5.41, 5.74) is 35.4. The molecular formula is C36H44N9O16P3. The van der Waals surface area contributed by atoms with Crippen LogP contribution in [0.25, 0.3) is 0 Å². The molecule has 344 valence electrons. The zero-order valence-electron chi connectivity index (χ0n) is 33.3. The number of nitrogens with zero attached hydrogens (tertiary/aromatic N) is 3. The van der Waals surface area contributed by atoms with Gasteiger partial charge in [-0.15, -0.1) is 0 Å². The first-order chi connectivity index (χ1) is 30.1. The number of hydrogen-bond acceptors (Lipinski definition) is 21. The van der Waals surface area contributed by atoms with Gasteiger partial charge in [0.05, 0.1) is 36.5 Å². The molecule has 25 nitrogen and oxygen atoms in total. The molecule has 3 aromatic rings. The van der Waals surface area contributed by atoms with Gasteiger partial charge in [-0.25, -0.2) is 28.6 Å². The highest BCUT2D eigenvalue weighted by Crippen LogP contribution is 2.51. The van der Waals surface area contributed by atoms with E-state index in [4.69, 9.17) is 71.2 Å². The van der Waals surface area contributed by atoms with Crippen molar-refractivity contribution in [1.82, 2.24) is 15.0 Å². The minimum Gasteiger partial charge on any atom is -0.394 e. The van der Waals surface area contributed by atoms with E-state index in [1.165, 1.54) is 30.3 Å². The van der Waals surface area contributed by atoms with E-state index in [0.717, 1.165) is 0 Å². The topological polar surface area (TPSA) is 421 Å². The number of nitrogen functional groups attached to an aromatic ring is 6. The Morgan fingerprint density at radius 1 is 0.547 bits per heavy atom. The molecule has 0 aromatic carbocycles. The molecule has 0 aliphatic carbocycles. The number of pyridine rings is 3. The van der Waals surface area contributed by atoms with Crippen LogP contribution < -0.4 is 34.4 Å². The molecule has 3 aliphatic heterocycles. The smallest absolute Gasteiger partial charge is 0.394 e. The van der Waals surface area contributed by atoms with Crippen molar-refractivity contribution in [2.24, 2.45) is 0 Å². The maximum atomic E-state index is 13.4. The third-order valence-corrected chi connectivity index (χ3v) is 11.9. The van der Waals surface area contributed by atoms with Gasteiger partial charge >= 0.3 is 23.5 Å². The normalized spacial score (nSPS) is 27.2. The number of aliphatic hydroxyl groups is 1. The van der Waals surface area contributed by atoms with Crippen LogP contribution in [0, 0.1) is 35.5 Å². The van der Waals surface area contributed by atoms with Crippen molar-refractivity contribution in [1.29, 1.82) is 0 Å². The predicted octanol–water partition coefficient (Wildman–Crippen LogP) is -0.233. The number of rotatable bonds is 13. The van der Waals surface area contributed by atoms with Gasteiger partial charge in [0.25, 0.3) is 0 Å². The van der Waals surface area contributed by atoms with E-state index in [2.05, 4.69) is 50.5 Å². The first-order valence-corrected chi connectivity index (χ1v) is 23.4. The van der Waals surface area contributed by atoms with Crippen molar-refractivity contribution >= 4 is 58.4 Å². The highest BCUT2D eigenvalue weighted by atomic mass is 31.2. The highest BCUT2D eigenvalue weighted by Gasteiger charge is 2.46. The summed E-state index contributed by atoms with van der Waals surface area (Å²) in [6.07, 6.45) is -11.2. The van der Waals surface area contributed by atoms with Crippen molar-refractivity contribution in [2.45, 2.75) is 74.2 Å². The second kappa shape index (κ2) is 20.5. The minimum atomic E-state index is -5.13. The molecule has 3 aliphatic rings. The van der Waals surface area contributed by atoms with E-state index in [1.807, 2.05) is 0 Å². The van der Waals surface area contributed by atoms with Crippen molar-refractivity contribution in [2.75, 3.05) is 54.2 Å². The third-order valence-electron chi connectivity index (χ3n) is 9.34. The van der Waals surface area contributed by atoms with Gasteiger partial charge in [-0.2, -0.15) is 0 Å². The van der Waals surface area contributed by atoms with Gasteiger partial charge in [0, 0.05) is 19.3 Å². The second-order valence-electron chi connectivity index (χ2n) is 14.1. The molecule has 0 saturated carbocycles. The monoisotopic (exact) mass is 951 g/mol.